The molecule has 0 amide bonds. The van der Waals surface area contributed by atoms with Crippen molar-refractivity contribution >= 4 is 0 Å². The molecule has 0 saturated heterocycles. The molecule has 1 rings (SSSR count). The summed E-state index contributed by atoms with van der Waals surface area (Å²) in [6, 6.07) is 5.91. The van der Waals surface area contributed by atoms with E-state index in [1.165, 1.54) is 5.56 Å². The number of hydrogen-bond acceptors (Lipinski definition) is 2. The lowest BCUT2D eigenvalue weighted by atomic mass is 9.95. The lowest BCUT2D eigenvalue weighted by molar-refractivity contribution is 0.260. The minimum atomic E-state index is -0.00329. The number of rotatable bonds is 4. The third-order valence-corrected chi connectivity index (χ3v) is 2.75. The Labute approximate surface area is 85.2 Å². The van der Waals surface area contributed by atoms with E-state index in [0.717, 1.165) is 17.5 Å². The summed E-state index contributed by atoms with van der Waals surface area (Å²) in [7, 11) is 0. The van der Waals surface area contributed by atoms with Crippen LogP contribution in [-0.4, -0.2) is 10.2 Å². The summed E-state index contributed by atoms with van der Waals surface area (Å²) in [6.07, 6.45) is 1.09. The number of aliphatic hydroxyl groups excluding tert-OH is 2. The topological polar surface area (TPSA) is 40.5 Å². The van der Waals surface area contributed by atoms with Crippen molar-refractivity contribution in [3.05, 3.63) is 34.9 Å². The summed E-state index contributed by atoms with van der Waals surface area (Å²) in [6.45, 7) is 4.30. The third-order valence-electron chi connectivity index (χ3n) is 2.75. The molecule has 0 aliphatic carbocycles. The molecule has 0 fully saturated rings. The molecule has 0 radical (unpaired) electrons. The van der Waals surface area contributed by atoms with Gasteiger partial charge in [0.1, 0.15) is 0 Å². The van der Waals surface area contributed by atoms with Crippen molar-refractivity contribution in [2.45, 2.75) is 39.4 Å². The van der Waals surface area contributed by atoms with Crippen molar-refractivity contribution < 1.29 is 10.2 Å². The van der Waals surface area contributed by atoms with E-state index in [-0.39, 0.29) is 13.2 Å². The second-order valence-corrected chi connectivity index (χ2v) is 3.65. The molecule has 1 unspecified atom stereocenters. The first-order valence-corrected chi connectivity index (χ1v) is 5.06. The quantitative estimate of drug-likeness (QED) is 0.771. The van der Waals surface area contributed by atoms with Gasteiger partial charge in [0, 0.05) is 0 Å². The first kappa shape index (κ1) is 11.2. The van der Waals surface area contributed by atoms with Gasteiger partial charge in [-0.3, -0.25) is 0 Å². The molecule has 2 heteroatoms. The maximum atomic E-state index is 9.12. The summed E-state index contributed by atoms with van der Waals surface area (Å²) in [4.78, 5) is 0. The van der Waals surface area contributed by atoms with Crippen molar-refractivity contribution in [3.8, 4) is 0 Å². The van der Waals surface area contributed by atoms with Gasteiger partial charge < -0.3 is 10.2 Å². The molecular weight excluding hydrogens is 176 g/mol. The highest BCUT2D eigenvalue weighted by Gasteiger charge is 2.06. The summed E-state index contributed by atoms with van der Waals surface area (Å²) in [5.74, 6) is 0.507. The Kier molecular flexibility index (Phi) is 4.11. The molecule has 0 spiro atoms. The highest BCUT2D eigenvalue weighted by Crippen LogP contribution is 2.21. The second-order valence-electron chi connectivity index (χ2n) is 3.65. The summed E-state index contributed by atoms with van der Waals surface area (Å²) in [5, 5.41) is 18.1. The largest absolute Gasteiger partial charge is 0.392 e. The van der Waals surface area contributed by atoms with Crippen molar-refractivity contribution in [1.82, 2.24) is 0 Å². The number of hydrogen-bond donors (Lipinski definition) is 2. The van der Waals surface area contributed by atoms with Crippen molar-refractivity contribution in [2.75, 3.05) is 0 Å². The maximum Gasteiger partial charge on any atom is 0.0685 e. The van der Waals surface area contributed by atoms with Gasteiger partial charge >= 0.3 is 0 Å². The summed E-state index contributed by atoms with van der Waals surface area (Å²) < 4.78 is 0. The van der Waals surface area contributed by atoms with Crippen molar-refractivity contribution in [1.29, 1.82) is 0 Å². The molecule has 78 valence electrons. The van der Waals surface area contributed by atoms with Gasteiger partial charge in [0.2, 0.25) is 0 Å². The van der Waals surface area contributed by atoms with Crippen LogP contribution in [0.1, 0.15) is 42.9 Å². The highest BCUT2D eigenvalue weighted by molar-refractivity contribution is 5.32. The molecule has 1 aromatic rings. The van der Waals surface area contributed by atoms with Crippen LogP contribution < -0.4 is 0 Å². The van der Waals surface area contributed by atoms with Crippen LogP contribution >= 0.6 is 0 Å². The molecule has 0 saturated carbocycles. The van der Waals surface area contributed by atoms with E-state index < -0.39 is 0 Å². The van der Waals surface area contributed by atoms with E-state index in [4.69, 9.17) is 10.2 Å². The van der Waals surface area contributed by atoms with Gasteiger partial charge in [0.15, 0.2) is 0 Å². The van der Waals surface area contributed by atoms with Crippen LogP contribution in [0.25, 0.3) is 0 Å². The molecule has 0 heterocycles. The third kappa shape index (κ3) is 2.34. The van der Waals surface area contributed by atoms with Crippen LogP contribution in [0.2, 0.25) is 0 Å². The Bertz CT molecular complexity index is 294. The fourth-order valence-electron chi connectivity index (χ4n) is 1.49. The van der Waals surface area contributed by atoms with Gasteiger partial charge in [-0.2, -0.15) is 0 Å². The Morgan fingerprint density at radius 1 is 1.14 bits per heavy atom. The lowest BCUT2D eigenvalue weighted by Crippen LogP contribution is -1.98. The smallest absolute Gasteiger partial charge is 0.0685 e. The van der Waals surface area contributed by atoms with Crippen molar-refractivity contribution in [3.63, 3.8) is 0 Å². The van der Waals surface area contributed by atoms with E-state index in [1.54, 1.807) is 0 Å². The van der Waals surface area contributed by atoms with Crippen LogP contribution in [0.5, 0.6) is 0 Å². The predicted molar refractivity (Wildman–Crippen MR) is 57.0 cm³/mol. The fourth-order valence-corrected chi connectivity index (χ4v) is 1.49. The van der Waals surface area contributed by atoms with Crippen LogP contribution in [0, 0.1) is 0 Å². The standard InChI is InChI=1S/C12H18O2/c1-3-9(2)10-4-5-11(7-13)12(6-10)8-14/h4-6,9,13-14H,3,7-8H2,1-2H3. The molecule has 2 nitrogen and oxygen atoms in total. The van der Waals surface area contributed by atoms with E-state index in [2.05, 4.69) is 13.8 Å². The number of benzene rings is 1. The SMILES string of the molecule is CCC(C)c1ccc(CO)c(CO)c1. The number of aliphatic hydroxyl groups is 2. The second kappa shape index (κ2) is 5.13. The Morgan fingerprint density at radius 3 is 2.29 bits per heavy atom. The summed E-state index contributed by atoms with van der Waals surface area (Å²) >= 11 is 0. The Balaban J connectivity index is 3.01. The zero-order valence-corrected chi connectivity index (χ0v) is 8.83. The van der Waals surface area contributed by atoms with Crippen molar-refractivity contribution in [2.24, 2.45) is 0 Å². The van der Waals surface area contributed by atoms with Crippen LogP contribution in [0.4, 0.5) is 0 Å². The van der Waals surface area contributed by atoms with Gasteiger partial charge in [0.05, 0.1) is 13.2 Å². The minimum absolute atomic E-state index is 0.000166. The maximum absolute atomic E-state index is 9.12. The van der Waals surface area contributed by atoms with Gasteiger partial charge in [-0.05, 0) is 29.0 Å². The monoisotopic (exact) mass is 194 g/mol. The van der Waals surface area contributed by atoms with Crippen LogP contribution in [0.15, 0.2) is 18.2 Å². The zero-order valence-electron chi connectivity index (χ0n) is 8.83. The van der Waals surface area contributed by atoms with E-state index in [1.807, 2.05) is 18.2 Å². The molecule has 0 aromatic heterocycles. The lowest BCUT2D eigenvalue weighted by Gasteiger charge is -2.12. The van der Waals surface area contributed by atoms with Crippen LogP contribution in [0.3, 0.4) is 0 Å². The molecule has 0 bridgehead atoms. The molecule has 1 atom stereocenters. The first-order valence-electron chi connectivity index (χ1n) is 5.06. The van der Waals surface area contributed by atoms with Gasteiger partial charge in [0.25, 0.3) is 0 Å². The highest BCUT2D eigenvalue weighted by atomic mass is 16.3. The predicted octanol–water partition coefficient (Wildman–Crippen LogP) is 2.18. The normalized spacial score (nSPS) is 12.9. The molecule has 0 aliphatic rings. The molecule has 1 aromatic carbocycles. The van der Waals surface area contributed by atoms with E-state index in [0.29, 0.717) is 5.92 Å². The molecule has 0 aliphatic heterocycles. The molecular formula is C12H18O2. The van der Waals surface area contributed by atoms with Gasteiger partial charge in [-0.15, -0.1) is 0 Å². The zero-order chi connectivity index (χ0) is 10.6. The summed E-state index contributed by atoms with van der Waals surface area (Å²) in [5.41, 5.74) is 2.89. The Hall–Kier alpha value is -0.860. The van der Waals surface area contributed by atoms with Gasteiger partial charge in [-0.1, -0.05) is 32.0 Å². The van der Waals surface area contributed by atoms with Gasteiger partial charge in [-0.25, -0.2) is 0 Å². The molecule has 14 heavy (non-hydrogen) atoms. The average Bonchev–Trinajstić information content (AvgIpc) is 2.26. The first-order chi connectivity index (χ1) is 6.72. The van der Waals surface area contributed by atoms with E-state index >= 15 is 0 Å². The fraction of sp³-hybridized carbons (Fsp3) is 0.500. The Morgan fingerprint density at radius 2 is 1.79 bits per heavy atom. The average molecular weight is 194 g/mol. The van der Waals surface area contributed by atoms with Crippen LogP contribution in [-0.2, 0) is 13.2 Å². The van der Waals surface area contributed by atoms with E-state index in [9.17, 15) is 0 Å². The molecule has 2 N–H and O–H groups in total. The minimum Gasteiger partial charge on any atom is -0.392 e.